The Hall–Kier alpha value is -1.32. The zero-order chi connectivity index (χ0) is 14.4. The molecule has 0 aliphatic carbocycles. The van der Waals surface area contributed by atoms with Crippen LogP contribution in [0.1, 0.15) is 17.5 Å². The number of aryl methyl sites for hydroxylation is 1. The zero-order valence-corrected chi connectivity index (χ0v) is 13.2. The van der Waals surface area contributed by atoms with E-state index in [2.05, 4.69) is 15.9 Å². The SMILES string of the molecule is O=C(Cl)CCc1cc(Br)ccc1OCc1ccccc1. The molecule has 0 radical (unpaired) electrons. The van der Waals surface area contributed by atoms with E-state index in [4.69, 9.17) is 16.3 Å². The van der Waals surface area contributed by atoms with Crippen molar-refractivity contribution in [1.82, 2.24) is 0 Å². The highest BCUT2D eigenvalue weighted by Crippen LogP contribution is 2.25. The number of ether oxygens (including phenoxy) is 1. The third-order valence-electron chi connectivity index (χ3n) is 2.85. The normalized spacial score (nSPS) is 10.3. The third-order valence-corrected chi connectivity index (χ3v) is 3.53. The van der Waals surface area contributed by atoms with E-state index in [0.717, 1.165) is 21.3 Å². The minimum Gasteiger partial charge on any atom is -0.489 e. The molecule has 0 spiro atoms. The minimum atomic E-state index is -0.334. The molecule has 0 atom stereocenters. The van der Waals surface area contributed by atoms with Crippen LogP contribution >= 0.6 is 27.5 Å². The van der Waals surface area contributed by atoms with E-state index in [1.807, 2.05) is 48.5 Å². The van der Waals surface area contributed by atoms with Crippen molar-refractivity contribution in [2.45, 2.75) is 19.4 Å². The van der Waals surface area contributed by atoms with E-state index in [9.17, 15) is 4.79 Å². The van der Waals surface area contributed by atoms with Crippen LogP contribution in [0.2, 0.25) is 0 Å². The molecule has 0 N–H and O–H groups in total. The van der Waals surface area contributed by atoms with E-state index in [1.54, 1.807) is 0 Å². The molecule has 4 heteroatoms. The van der Waals surface area contributed by atoms with Gasteiger partial charge in [0.15, 0.2) is 0 Å². The lowest BCUT2D eigenvalue weighted by Crippen LogP contribution is -2.00. The van der Waals surface area contributed by atoms with E-state index in [0.29, 0.717) is 19.4 Å². The summed E-state index contributed by atoms with van der Waals surface area (Å²) >= 11 is 8.83. The number of hydrogen-bond donors (Lipinski definition) is 0. The molecule has 2 rings (SSSR count). The van der Waals surface area contributed by atoms with Gasteiger partial charge in [0.05, 0.1) is 0 Å². The molecule has 0 unspecified atom stereocenters. The number of benzene rings is 2. The summed E-state index contributed by atoms with van der Waals surface area (Å²) in [4.78, 5) is 10.9. The van der Waals surface area contributed by atoms with Gasteiger partial charge < -0.3 is 4.74 Å². The lowest BCUT2D eigenvalue weighted by atomic mass is 10.1. The minimum absolute atomic E-state index is 0.305. The van der Waals surface area contributed by atoms with Crippen molar-refractivity contribution >= 4 is 32.8 Å². The second-order valence-corrected chi connectivity index (χ2v) is 5.72. The summed E-state index contributed by atoms with van der Waals surface area (Å²) in [5.41, 5.74) is 2.08. The fraction of sp³-hybridized carbons (Fsp3) is 0.188. The molecule has 0 bridgehead atoms. The quantitative estimate of drug-likeness (QED) is 0.702. The molecule has 0 saturated heterocycles. The highest BCUT2D eigenvalue weighted by Gasteiger charge is 2.07. The summed E-state index contributed by atoms with van der Waals surface area (Å²) in [6.07, 6.45) is 0.881. The van der Waals surface area contributed by atoms with Gasteiger partial charge in [0, 0.05) is 10.9 Å². The number of carbonyl (C=O) groups is 1. The van der Waals surface area contributed by atoms with Crippen LogP contribution in [0.25, 0.3) is 0 Å². The van der Waals surface area contributed by atoms with Crippen LogP contribution in [0.5, 0.6) is 5.75 Å². The molecular formula is C16H14BrClO2. The smallest absolute Gasteiger partial charge is 0.221 e. The molecule has 2 nitrogen and oxygen atoms in total. The van der Waals surface area contributed by atoms with Crippen LogP contribution in [0.4, 0.5) is 0 Å². The lowest BCUT2D eigenvalue weighted by Gasteiger charge is -2.11. The summed E-state index contributed by atoms with van der Waals surface area (Å²) in [7, 11) is 0. The summed E-state index contributed by atoms with van der Waals surface area (Å²) in [6.45, 7) is 0.504. The first-order valence-corrected chi connectivity index (χ1v) is 7.46. The van der Waals surface area contributed by atoms with Gasteiger partial charge in [-0.15, -0.1) is 0 Å². The molecule has 0 aliphatic heterocycles. The second-order valence-electron chi connectivity index (χ2n) is 4.38. The second kappa shape index (κ2) is 7.46. The van der Waals surface area contributed by atoms with Crippen molar-refractivity contribution in [3.63, 3.8) is 0 Å². The fourth-order valence-electron chi connectivity index (χ4n) is 1.85. The van der Waals surface area contributed by atoms with Crippen molar-refractivity contribution in [1.29, 1.82) is 0 Å². The number of halogens is 2. The summed E-state index contributed by atoms with van der Waals surface area (Å²) in [5, 5.41) is -0.334. The number of hydrogen-bond acceptors (Lipinski definition) is 2. The van der Waals surface area contributed by atoms with E-state index < -0.39 is 0 Å². The first kappa shape index (κ1) is 15.1. The maximum Gasteiger partial charge on any atom is 0.221 e. The molecule has 20 heavy (non-hydrogen) atoms. The van der Waals surface area contributed by atoms with Crippen molar-refractivity contribution in [2.24, 2.45) is 0 Å². The Morgan fingerprint density at radius 2 is 1.90 bits per heavy atom. The fourth-order valence-corrected chi connectivity index (χ4v) is 2.36. The highest BCUT2D eigenvalue weighted by molar-refractivity contribution is 9.10. The molecule has 0 aliphatic rings. The van der Waals surface area contributed by atoms with Gasteiger partial charge >= 0.3 is 0 Å². The van der Waals surface area contributed by atoms with Crippen LogP contribution in [-0.2, 0) is 17.8 Å². The van der Waals surface area contributed by atoms with Crippen LogP contribution in [-0.4, -0.2) is 5.24 Å². The third kappa shape index (κ3) is 4.66. The molecule has 104 valence electrons. The average Bonchev–Trinajstić information content (AvgIpc) is 2.45. The first-order valence-electron chi connectivity index (χ1n) is 6.28. The van der Waals surface area contributed by atoms with Gasteiger partial charge in [-0.3, -0.25) is 4.79 Å². The molecule has 2 aromatic carbocycles. The maximum absolute atomic E-state index is 10.9. The highest BCUT2D eigenvalue weighted by atomic mass is 79.9. The van der Waals surface area contributed by atoms with Gasteiger partial charge in [-0.2, -0.15) is 0 Å². The van der Waals surface area contributed by atoms with Gasteiger partial charge in [0.2, 0.25) is 5.24 Å². The Bertz CT molecular complexity index is 584. The van der Waals surface area contributed by atoms with Crippen LogP contribution in [0, 0.1) is 0 Å². The van der Waals surface area contributed by atoms with Crippen molar-refractivity contribution < 1.29 is 9.53 Å². The molecule has 0 heterocycles. The lowest BCUT2D eigenvalue weighted by molar-refractivity contribution is -0.111. The Morgan fingerprint density at radius 1 is 1.15 bits per heavy atom. The van der Waals surface area contributed by atoms with E-state index >= 15 is 0 Å². The van der Waals surface area contributed by atoms with Gasteiger partial charge in [-0.1, -0.05) is 46.3 Å². The molecular weight excluding hydrogens is 340 g/mol. The zero-order valence-electron chi connectivity index (χ0n) is 10.8. The summed E-state index contributed by atoms with van der Waals surface area (Å²) in [5.74, 6) is 0.787. The predicted octanol–water partition coefficient (Wildman–Crippen LogP) is 4.73. The largest absolute Gasteiger partial charge is 0.489 e. The molecule has 2 aromatic rings. The van der Waals surface area contributed by atoms with Crippen LogP contribution < -0.4 is 4.74 Å². The van der Waals surface area contributed by atoms with E-state index in [-0.39, 0.29) is 5.24 Å². The molecule has 0 fully saturated rings. The molecule has 0 amide bonds. The van der Waals surface area contributed by atoms with Gasteiger partial charge in [-0.05, 0) is 47.3 Å². The Balaban J connectivity index is 2.08. The standard InChI is InChI=1S/C16H14BrClO2/c17-14-7-8-15(13(10-14)6-9-16(18)19)20-11-12-4-2-1-3-5-12/h1-5,7-8,10H,6,9,11H2. The van der Waals surface area contributed by atoms with Crippen LogP contribution in [0.3, 0.4) is 0 Å². The monoisotopic (exact) mass is 352 g/mol. The summed E-state index contributed by atoms with van der Waals surface area (Å²) < 4.78 is 6.80. The van der Waals surface area contributed by atoms with E-state index in [1.165, 1.54) is 0 Å². The predicted molar refractivity (Wildman–Crippen MR) is 84.1 cm³/mol. The Kier molecular flexibility index (Phi) is 5.62. The van der Waals surface area contributed by atoms with Crippen molar-refractivity contribution in [3.8, 4) is 5.75 Å². The maximum atomic E-state index is 10.9. The van der Waals surface area contributed by atoms with Gasteiger partial charge in [-0.25, -0.2) is 0 Å². The first-order chi connectivity index (χ1) is 9.65. The van der Waals surface area contributed by atoms with Crippen LogP contribution in [0.15, 0.2) is 53.0 Å². The van der Waals surface area contributed by atoms with Gasteiger partial charge in [0.25, 0.3) is 0 Å². The number of carbonyl (C=O) groups excluding carboxylic acids is 1. The topological polar surface area (TPSA) is 26.3 Å². The Labute approximate surface area is 131 Å². The average molecular weight is 354 g/mol. The Morgan fingerprint density at radius 3 is 2.60 bits per heavy atom. The molecule has 0 saturated carbocycles. The molecule has 0 aromatic heterocycles. The van der Waals surface area contributed by atoms with Crippen molar-refractivity contribution in [2.75, 3.05) is 0 Å². The number of rotatable bonds is 6. The van der Waals surface area contributed by atoms with Gasteiger partial charge in [0.1, 0.15) is 12.4 Å². The summed E-state index contributed by atoms with van der Waals surface area (Å²) in [6, 6.07) is 15.7. The van der Waals surface area contributed by atoms with Crippen molar-refractivity contribution in [3.05, 3.63) is 64.1 Å².